The number of benzene rings is 1. The summed E-state index contributed by atoms with van der Waals surface area (Å²) in [6.07, 6.45) is -4.32. The summed E-state index contributed by atoms with van der Waals surface area (Å²) in [5.74, 6) is 0.562. The monoisotopic (exact) mass is 305 g/mol. The third-order valence-electron chi connectivity index (χ3n) is 2.92. The summed E-state index contributed by atoms with van der Waals surface area (Å²) in [5, 5.41) is 3.26. The van der Waals surface area contributed by atoms with Crippen LogP contribution in [-0.2, 0) is 11.3 Å². The van der Waals surface area contributed by atoms with Gasteiger partial charge >= 0.3 is 6.18 Å². The highest BCUT2D eigenvalue weighted by Crippen LogP contribution is 2.25. The largest absolute Gasteiger partial charge is 0.494 e. The van der Waals surface area contributed by atoms with Gasteiger partial charge in [0, 0.05) is 11.6 Å². The van der Waals surface area contributed by atoms with Crippen LogP contribution in [0.15, 0.2) is 18.2 Å². The maximum absolute atomic E-state index is 12.1. The highest BCUT2D eigenvalue weighted by atomic mass is 19.4. The summed E-state index contributed by atoms with van der Waals surface area (Å²) in [6.45, 7) is 5.71. The Morgan fingerprint density at radius 1 is 1.24 bits per heavy atom. The predicted octanol–water partition coefficient (Wildman–Crippen LogP) is 3.83. The van der Waals surface area contributed by atoms with Crippen molar-refractivity contribution in [2.24, 2.45) is 0 Å². The topological polar surface area (TPSA) is 30.5 Å². The van der Waals surface area contributed by atoms with E-state index >= 15 is 0 Å². The average molecular weight is 305 g/mol. The maximum Gasteiger partial charge on any atom is 0.411 e. The lowest BCUT2D eigenvalue weighted by Gasteiger charge is -2.17. The molecule has 21 heavy (non-hydrogen) atoms. The van der Waals surface area contributed by atoms with Crippen LogP contribution in [0.2, 0.25) is 0 Å². The Hall–Kier alpha value is -1.27. The number of halogens is 3. The van der Waals surface area contributed by atoms with E-state index in [9.17, 15) is 13.2 Å². The Bertz CT molecular complexity index is 435. The second-order valence-electron chi connectivity index (χ2n) is 4.69. The molecule has 1 unspecified atom stereocenters. The van der Waals surface area contributed by atoms with Crippen LogP contribution in [-0.4, -0.2) is 25.9 Å². The summed E-state index contributed by atoms with van der Waals surface area (Å²) >= 11 is 0. The van der Waals surface area contributed by atoms with Gasteiger partial charge in [-0.1, -0.05) is 13.0 Å². The van der Waals surface area contributed by atoms with Crippen molar-refractivity contribution in [3.05, 3.63) is 29.3 Å². The van der Waals surface area contributed by atoms with Gasteiger partial charge in [-0.2, -0.15) is 13.2 Å². The SMILES string of the molecule is CCNC(C)c1ccc(OCC)c(COCC(F)(F)F)c1. The fraction of sp³-hybridized carbons (Fsp3) is 0.600. The van der Waals surface area contributed by atoms with E-state index in [1.54, 1.807) is 6.07 Å². The molecule has 0 aliphatic rings. The van der Waals surface area contributed by atoms with Gasteiger partial charge in [0.1, 0.15) is 12.4 Å². The minimum atomic E-state index is -4.32. The summed E-state index contributed by atoms with van der Waals surface area (Å²) < 4.78 is 46.6. The average Bonchev–Trinajstić information content (AvgIpc) is 2.39. The molecule has 0 aliphatic heterocycles. The highest BCUT2D eigenvalue weighted by Gasteiger charge is 2.27. The minimum Gasteiger partial charge on any atom is -0.494 e. The lowest BCUT2D eigenvalue weighted by Crippen LogP contribution is -2.19. The van der Waals surface area contributed by atoms with E-state index in [1.807, 2.05) is 32.9 Å². The summed E-state index contributed by atoms with van der Waals surface area (Å²) in [5.41, 5.74) is 1.62. The van der Waals surface area contributed by atoms with Crippen LogP contribution < -0.4 is 10.1 Å². The molecular weight excluding hydrogens is 283 g/mol. The molecule has 0 spiro atoms. The molecular formula is C15H22F3NO2. The lowest BCUT2D eigenvalue weighted by atomic mass is 10.0. The summed E-state index contributed by atoms with van der Waals surface area (Å²) in [6, 6.07) is 5.63. The molecule has 1 aromatic rings. The van der Waals surface area contributed by atoms with E-state index in [1.165, 1.54) is 0 Å². The first kappa shape index (κ1) is 17.8. The van der Waals surface area contributed by atoms with Crippen LogP contribution in [0.1, 0.15) is 37.9 Å². The van der Waals surface area contributed by atoms with Gasteiger partial charge in [0.15, 0.2) is 0 Å². The van der Waals surface area contributed by atoms with E-state index in [0.717, 1.165) is 12.1 Å². The lowest BCUT2D eigenvalue weighted by molar-refractivity contribution is -0.176. The number of nitrogens with one attached hydrogen (secondary N) is 1. The second kappa shape index (κ2) is 8.24. The zero-order valence-electron chi connectivity index (χ0n) is 12.6. The third-order valence-corrected chi connectivity index (χ3v) is 2.92. The first-order valence-electron chi connectivity index (χ1n) is 7.00. The van der Waals surface area contributed by atoms with Crippen LogP contribution >= 0.6 is 0 Å². The molecule has 0 fully saturated rings. The van der Waals surface area contributed by atoms with Gasteiger partial charge in [0.25, 0.3) is 0 Å². The van der Waals surface area contributed by atoms with Gasteiger partial charge in [0.2, 0.25) is 0 Å². The van der Waals surface area contributed by atoms with Gasteiger partial charge in [-0.3, -0.25) is 0 Å². The molecule has 6 heteroatoms. The van der Waals surface area contributed by atoms with Gasteiger partial charge in [-0.05, 0) is 38.1 Å². The van der Waals surface area contributed by atoms with Crippen molar-refractivity contribution in [3.63, 3.8) is 0 Å². The van der Waals surface area contributed by atoms with Crippen molar-refractivity contribution in [3.8, 4) is 5.75 Å². The molecule has 1 atom stereocenters. The van der Waals surface area contributed by atoms with Gasteiger partial charge in [0.05, 0.1) is 13.2 Å². The van der Waals surface area contributed by atoms with E-state index < -0.39 is 12.8 Å². The van der Waals surface area contributed by atoms with Crippen molar-refractivity contribution in [1.82, 2.24) is 5.32 Å². The number of alkyl halides is 3. The molecule has 1 aromatic carbocycles. The normalized spacial score (nSPS) is 13.2. The zero-order chi connectivity index (χ0) is 15.9. The first-order valence-corrected chi connectivity index (χ1v) is 7.00. The molecule has 0 saturated heterocycles. The van der Waals surface area contributed by atoms with E-state index in [-0.39, 0.29) is 12.6 Å². The van der Waals surface area contributed by atoms with Crippen LogP contribution in [0.3, 0.4) is 0 Å². The van der Waals surface area contributed by atoms with Gasteiger partial charge in [-0.15, -0.1) is 0 Å². The Morgan fingerprint density at radius 2 is 1.95 bits per heavy atom. The summed E-state index contributed by atoms with van der Waals surface area (Å²) in [4.78, 5) is 0. The van der Waals surface area contributed by atoms with Crippen LogP contribution in [0.5, 0.6) is 5.75 Å². The Morgan fingerprint density at radius 3 is 2.52 bits per heavy atom. The van der Waals surface area contributed by atoms with Crippen LogP contribution in [0.4, 0.5) is 13.2 Å². The molecule has 1 N–H and O–H groups in total. The van der Waals surface area contributed by atoms with Crippen molar-refractivity contribution >= 4 is 0 Å². The molecule has 0 saturated carbocycles. The van der Waals surface area contributed by atoms with Crippen LogP contribution in [0, 0.1) is 0 Å². The maximum atomic E-state index is 12.1. The van der Waals surface area contributed by atoms with E-state index in [4.69, 9.17) is 9.47 Å². The minimum absolute atomic E-state index is 0.118. The fourth-order valence-electron chi connectivity index (χ4n) is 1.98. The van der Waals surface area contributed by atoms with E-state index in [0.29, 0.717) is 17.9 Å². The van der Waals surface area contributed by atoms with Crippen LogP contribution in [0.25, 0.3) is 0 Å². The molecule has 0 heterocycles. The molecule has 120 valence electrons. The predicted molar refractivity (Wildman–Crippen MR) is 75.4 cm³/mol. The van der Waals surface area contributed by atoms with Crippen molar-refractivity contribution < 1.29 is 22.6 Å². The summed E-state index contributed by atoms with van der Waals surface area (Å²) in [7, 11) is 0. The molecule has 0 aliphatic carbocycles. The molecule has 0 radical (unpaired) electrons. The van der Waals surface area contributed by atoms with E-state index in [2.05, 4.69) is 5.32 Å². The molecule has 0 bridgehead atoms. The number of hydrogen-bond donors (Lipinski definition) is 1. The second-order valence-corrected chi connectivity index (χ2v) is 4.69. The Kier molecular flexibility index (Phi) is 6.98. The third kappa shape index (κ3) is 6.35. The van der Waals surface area contributed by atoms with Crippen molar-refractivity contribution in [2.45, 2.75) is 39.6 Å². The molecule has 0 amide bonds. The quantitative estimate of drug-likeness (QED) is 0.791. The zero-order valence-corrected chi connectivity index (χ0v) is 12.6. The Balaban J connectivity index is 2.82. The van der Waals surface area contributed by atoms with Crippen molar-refractivity contribution in [1.29, 1.82) is 0 Å². The fourth-order valence-corrected chi connectivity index (χ4v) is 1.98. The molecule has 1 rings (SSSR count). The molecule has 0 aromatic heterocycles. The van der Waals surface area contributed by atoms with Crippen molar-refractivity contribution in [2.75, 3.05) is 19.8 Å². The first-order chi connectivity index (χ1) is 9.87. The number of hydrogen-bond acceptors (Lipinski definition) is 3. The smallest absolute Gasteiger partial charge is 0.411 e. The van der Waals surface area contributed by atoms with Gasteiger partial charge in [-0.25, -0.2) is 0 Å². The van der Waals surface area contributed by atoms with Gasteiger partial charge < -0.3 is 14.8 Å². The Labute approximate surface area is 123 Å². The number of ether oxygens (including phenoxy) is 2. The standard InChI is InChI=1S/C15H22F3NO2/c1-4-19-11(3)12-6-7-14(21-5-2)13(8-12)9-20-10-15(16,17)18/h6-8,11,19H,4-5,9-10H2,1-3H3. The molecule has 3 nitrogen and oxygen atoms in total. The number of rotatable bonds is 8. The highest BCUT2D eigenvalue weighted by molar-refractivity contribution is 5.38.